The summed E-state index contributed by atoms with van der Waals surface area (Å²) < 4.78 is 6.42. The number of ether oxygens (including phenoxy) is 1. The number of carbonyl (C=O) groups is 2. The Kier molecular flexibility index (Phi) is 7.60. The molecule has 0 bridgehead atoms. The van der Waals surface area contributed by atoms with Crippen LogP contribution >= 0.6 is 11.3 Å². The lowest BCUT2D eigenvalue weighted by atomic mass is 10.2. The first-order valence-corrected chi connectivity index (χ1v) is 11.5. The monoisotopic (exact) mass is 450 g/mol. The third-order valence-electron chi connectivity index (χ3n) is 5.12. The molecule has 7 nitrogen and oxygen atoms in total. The van der Waals surface area contributed by atoms with E-state index < -0.39 is 0 Å². The van der Waals surface area contributed by atoms with Gasteiger partial charge in [0.2, 0.25) is 11.8 Å². The van der Waals surface area contributed by atoms with E-state index in [2.05, 4.69) is 20.5 Å². The second kappa shape index (κ2) is 11.0. The van der Waals surface area contributed by atoms with Crippen molar-refractivity contribution in [3.05, 3.63) is 65.2 Å². The average Bonchev–Trinajstić information content (AvgIpc) is 3.24. The number of morpholine rings is 1. The van der Waals surface area contributed by atoms with Crippen molar-refractivity contribution in [2.24, 2.45) is 0 Å². The van der Waals surface area contributed by atoms with Gasteiger partial charge in [0, 0.05) is 44.4 Å². The van der Waals surface area contributed by atoms with Crippen molar-refractivity contribution in [2.45, 2.75) is 13.0 Å². The number of hydrogen-bond acceptors (Lipinski definition) is 6. The van der Waals surface area contributed by atoms with Gasteiger partial charge in [-0.3, -0.25) is 14.5 Å². The number of para-hydroxylation sites is 1. The quantitative estimate of drug-likeness (QED) is 0.515. The van der Waals surface area contributed by atoms with Gasteiger partial charge in [0.25, 0.3) is 0 Å². The highest BCUT2D eigenvalue weighted by Gasteiger charge is 2.12. The zero-order valence-corrected chi connectivity index (χ0v) is 18.6. The molecule has 3 aromatic rings. The molecule has 1 aliphatic heterocycles. The van der Waals surface area contributed by atoms with Gasteiger partial charge >= 0.3 is 0 Å². The van der Waals surface area contributed by atoms with Crippen LogP contribution in [0.1, 0.15) is 17.0 Å². The molecule has 166 valence electrons. The number of hydrogen-bond donors (Lipinski definition) is 2. The van der Waals surface area contributed by atoms with Gasteiger partial charge in [-0.2, -0.15) is 0 Å². The summed E-state index contributed by atoms with van der Waals surface area (Å²) in [5.41, 5.74) is 2.58. The number of fused-ring (bicyclic) bond motifs is 1. The Morgan fingerprint density at radius 3 is 2.81 bits per heavy atom. The number of carbonyl (C=O) groups excluding carboxylic acids is 2. The van der Waals surface area contributed by atoms with Gasteiger partial charge in [-0.05, 0) is 35.9 Å². The van der Waals surface area contributed by atoms with Crippen molar-refractivity contribution < 1.29 is 14.3 Å². The first kappa shape index (κ1) is 22.1. The summed E-state index contributed by atoms with van der Waals surface area (Å²) in [6.07, 6.45) is 3.66. The van der Waals surface area contributed by atoms with Crippen molar-refractivity contribution in [2.75, 3.05) is 38.2 Å². The van der Waals surface area contributed by atoms with Crippen molar-refractivity contribution in [3.63, 3.8) is 0 Å². The molecule has 2 aromatic carbocycles. The SMILES string of the molecule is O=C(/C=C/c1nc2ccccc2s1)NCc1cccc(NC(=O)CCN2CCOCC2)c1. The summed E-state index contributed by atoms with van der Waals surface area (Å²) in [5, 5.41) is 6.60. The Labute approximate surface area is 191 Å². The maximum absolute atomic E-state index is 12.3. The van der Waals surface area contributed by atoms with Crippen LogP contribution in [-0.2, 0) is 20.9 Å². The average molecular weight is 451 g/mol. The molecule has 0 aliphatic carbocycles. The van der Waals surface area contributed by atoms with E-state index in [1.165, 1.54) is 6.08 Å². The van der Waals surface area contributed by atoms with E-state index in [0.29, 0.717) is 13.0 Å². The van der Waals surface area contributed by atoms with Crippen molar-refractivity contribution in [1.29, 1.82) is 0 Å². The summed E-state index contributed by atoms with van der Waals surface area (Å²) in [6.45, 7) is 4.30. The predicted molar refractivity (Wildman–Crippen MR) is 127 cm³/mol. The van der Waals surface area contributed by atoms with Crippen LogP contribution in [0.4, 0.5) is 5.69 Å². The lowest BCUT2D eigenvalue weighted by Crippen LogP contribution is -2.38. The molecular weight excluding hydrogens is 424 g/mol. The molecule has 8 heteroatoms. The van der Waals surface area contributed by atoms with Crippen LogP contribution in [0.25, 0.3) is 16.3 Å². The summed E-state index contributed by atoms with van der Waals surface area (Å²) in [6, 6.07) is 15.4. The van der Waals surface area contributed by atoms with Gasteiger partial charge < -0.3 is 15.4 Å². The van der Waals surface area contributed by atoms with Gasteiger partial charge in [-0.1, -0.05) is 24.3 Å². The highest BCUT2D eigenvalue weighted by Crippen LogP contribution is 2.22. The van der Waals surface area contributed by atoms with E-state index in [0.717, 1.165) is 59.3 Å². The first-order valence-electron chi connectivity index (χ1n) is 10.7. The zero-order valence-electron chi connectivity index (χ0n) is 17.8. The van der Waals surface area contributed by atoms with Crippen LogP contribution in [0.5, 0.6) is 0 Å². The van der Waals surface area contributed by atoms with E-state index in [1.807, 2.05) is 48.5 Å². The van der Waals surface area contributed by atoms with Crippen LogP contribution in [0.2, 0.25) is 0 Å². The Hall–Kier alpha value is -3.07. The number of amides is 2. The zero-order chi connectivity index (χ0) is 22.2. The molecule has 0 atom stereocenters. The molecule has 4 rings (SSSR count). The summed E-state index contributed by atoms with van der Waals surface area (Å²) >= 11 is 1.55. The largest absolute Gasteiger partial charge is 0.379 e. The number of benzene rings is 2. The van der Waals surface area contributed by atoms with Gasteiger partial charge in [-0.25, -0.2) is 4.98 Å². The molecule has 2 N–H and O–H groups in total. The molecule has 1 fully saturated rings. The van der Waals surface area contributed by atoms with Gasteiger partial charge in [0.1, 0.15) is 5.01 Å². The van der Waals surface area contributed by atoms with E-state index in [-0.39, 0.29) is 11.8 Å². The fraction of sp³-hybridized carbons (Fsp3) is 0.292. The molecule has 1 aromatic heterocycles. The number of nitrogens with one attached hydrogen (secondary N) is 2. The lowest BCUT2D eigenvalue weighted by Gasteiger charge is -2.26. The second-order valence-corrected chi connectivity index (χ2v) is 8.59. The maximum Gasteiger partial charge on any atom is 0.244 e. The third-order valence-corrected chi connectivity index (χ3v) is 6.13. The standard InChI is InChI=1S/C24H26N4O3S/c29-22(8-9-24-27-20-6-1-2-7-21(20)32-24)25-17-18-4-3-5-19(16-18)26-23(30)10-11-28-12-14-31-15-13-28/h1-9,16H,10-15,17H2,(H,25,29)(H,26,30)/b9-8+. The normalized spacial score (nSPS) is 14.6. The highest BCUT2D eigenvalue weighted by molar-refractivity contribution is 7.19. The van der Waals surface area contributed by atoms with Gasteiger partial charge in [0.05, 0.1) is 23.4 Å². The predicted octanol–water partition coefficient (Wildman–Crippen LogP) is 3.29. The number of nitrogens with zero attached hydrogens (tertiary/aromatic N) is 2. The van der Waals surface area contributed by atoms with E-state index in [9.17, 15) is 9.59 Å². The molecule has 2 amide bonds. The van der Waals surface area contributed by atoms with Crippen LogP contribution in [0, 0.1) is 0 Å². The minimum Gasteiger partial charge on any atom is -0.379 e. The molecule has 0 spiro atoms. The van der Waals surface area contributed by atoms with Crippen molar-refractivity contribution >= 4 is 45.1 Å². The molecule has 0 unspecified atom stereocenters. The maximum atomic E-state index is 12.3. The van der Waals surface area contributed by atoms with Crippen LogP contribution in [-0.4, -0.2) is 54.5 Å². The molecule has 0 radical (unpaired) electrons. The van der Waals surface area contributed by atoms with Crippen molar-refractivity contribution in [3.8, 4) is 0 Å². The minimum atomic E-state index is -0.191. The van der Waals surface area contributed by atoms with E-state index >= 15 is 0 Å². The summed E-state index contributed by atoms with van der Waals surface area (Å²) in [4.78, 5) is 31.2. The van der Waals surface area contributed by atoms with Crippen LogP contribution in [0.15, 0.2) is 54.6 Å². The Bertz CT molecular complexity index is 1070. The molecule has 32 heavy (non-hydrogen) atoms. The fourth-order valence-electron chi connectivity index (χ4n) is 3.42. The van der Waals surface area contributed by atoms with Crippen molar-refractivity contribution in [1.82, 2.24) is 15.2 Å². The topological polar surface area (TPSA) is 83.6 Å². The third kappa shape index (κ3) is 6.46. The molecule has 1 saturated heterocycles. The highest BCUT2D eigenvalue weighted by atomic mass is 32.1. The molecule has 2 heterocycles. The number of rotatable bonds is 8. The van der Waals surface area contributed by atoms with Gasteiger partial charge in [-0.15, -0.1) is 11.3 Å². The van der Waals surface area contributed by atoms with Crippen LogP contribution in [0.3, 0.4) is 0 Å². The summed E-state index contributed by atoms with van der Waals surface area (Å²) in [5.74, 6) is -0.208. The molecule has 1 aliphatic rings. The van der Waals surface area contributed by atoms with Crippen LogP contribution < -0.4 is 10.6 Å². The fourth-order valence-corrected chi connectivity index (χ4v) is 4.29. The number of thiazole rings is 1. The Morgan fingerprint density at radius 2 is 1.97 bits per heavy atom. The molecule has 0 saturated carbocycles. The smallest absolute Gasteiger partial charge is 0.244 e. The first-order chi connectivity index (χ1) is 15.7. The number of anilines is 1. The van der Waals surface area contributed by atoms with E-state index in [1.54, 1.807) is 17.4 Å². The Balaban J connectivity index is 1.24. The van der Waals surface area contributed by atoms with E-state index in [4.69, 9.17) is 4.74 Å². The Morgan fingerprint density at radius 1 is 1.12 bits per heavy atom. The summed E-state index contributed by atoms with van der Waals surface area (Å²) in [7, 11) is 0. The second-order valence-electron chi connectivity index (χ2n) is 7.52. The minimum absolute atomic E-state index is 0.0172. The lowest BCUT2D eigenvalue weighted by molar-refractivity contribution is -0.117. The number of aromatic nitrogens is 1. The molecular formula is C24H26N4O3S. The van der Waals surface area contributed by atoms with Gasteiger partial charge in [0.15, 0.2) is 0 Å².